The standard InChI is InChI=1S/C14H23NO2/c1-11(10-12-6-5-9-17-12)15-13-7-3-2-4-8-14(13)16/h5-6,9,11,13-16H,2-4,7-8,10H2,1H3. The van der Waals surface area contributed by atoms with Crippen molar-refractivity contribution < 1.29 is 9.52 Å². The molecule has 0 aliphatic heterocycles. The Kier molecular flexibility index (Phi) is 4.63. The molecule has 2 rings (SSSR count). The molecule has 17 heavy (non-hydrogen) atoms. The number of hydrogen-bond acceptors (Lipinski definition) is 3. The Hall–Kier alpha value is -0.800. The summed E-state index contributed by atoms with van der Waals surface area (Å²) >= 11 is 0. The molecule has 0 amide bonds. The molecule has 0 saturated heterocycles. The minimum absolute atomic E-state index is 0.184. The third-order valence-electron chi connectivity index (χ3n) is 3.57. The van der Waals surface area contributed by atoms with Gasteiger partial charge >= 0.3 is 0 Å². The van der Waals surface area contributed by atoms with Crippen molar-refractivity contribution in [1.29, 1.82) is 0 Å². The lowest BCUT2D eigenvalue weighted by Gasteiger charge is -2.25. The summed E-state index contributed by atoms with van der Waals surface area (Å²) < 4.78 is 5.34. The van der Waals surface area contributed by atoms with Crippen LogP contribution in [0.2, 0.25) is 0 Å². The fourth-order valence-corrected chi connectivity index (χ4v) is 2.64. The SMILES string of the molecule is CC(Cc1ccco1)NC1CCCCCC1O. The second kappa shape index (κ2) is 6.22. The fourth-order valence-electron chi connectivity index (χ4n) is 2.64. The van der Waals surface area contributed by atoms with E-state index in [2.05, 4.69) is 12.2 Å². The van der Waals surface area contributed by atoms with E-state index in [9.17, 15) is 5.11 Å². The van der Waals surface area contributed by atoms with Crippen molar-refractivity contribution in [2.45, 2.75) is 63.6 Å². The number of hydrogen-bond donors (Lipinski definition) is 2. The Balaban J connectivity index is 1.82. The molecule has 2 N–H and O–H groups in total. The zero-order chi connectivity index (χ0) is 12.1. The van der Waals surface area contributed by atoms with E-state index in [4.69, 9.17) is 4.42 Å². The predicted molar refractivity (Wildman–Crippen MR) is 67.9 cm³/mol. The summed E-state index contributed by atoms with van der Waals surface area (Å²) in [5.41, 5.74) is 0. The second-order valence-electron chi connectivity index (χ2n) is 5.16. The van der Waals surface area contributed by atoms with Gasteiger partial charge in [-0.2, -0.15) is 0 Å². The predicted octanol–water partition coefficient (Wildman–Crippen LogP) is 2.49. The van der Waals surface area contributed by atoms with Gasteiger partial charge in [0.05, 0.1) is 12.4 Å². The van der Waals surface area contributed by atoms with Crippen molar-refractivity contribution in [2.24, 2.45) is 0 Å². The Morgan fingerprint density at radius 2 is 2.24 bits per heavy atom. The molecule has 1 fully saturated rings. The van der Waals surface area contributed by atoms with E-state index in [-0.39, 0.29) is 12.1 Å². The summed E-state index contributed by atoms with van der Waals surface area (Å²) in [6, 6.07) is 4.52. The van der Waals surface area contributed by atoms with E-state index in [0.717, 1.165) is 31.4 Å². The maximum Gasteiger partial charge on any atom is 0.105 e. The molecule has 96 valence electrons. The van der Waals surface area contributed by atoms with Crippen LogP contribution in [0.15, 0.2) is 22.8 Å². The highest BCUT2D eigenvalue weighted by Gasteiger charge is 2.22. The van der Waals surface area contributed by atoms with E-state index >= 15 is 0 Å². The highest BCUT2D eigenvalue weighted by atomic mass is 16.3. The number of aliphatic hydroxyl groups is 1. The van der Waals surface area contributed by atoms with Crippen LogP contribution in [0.25, 0.3) is 0 Å². The van der Waals surface area contributed by atoms with Crippen LogP contribution in [0.1, 0.15) is 44.8 Å². The Labute approximate surface area is 103 Å². The van der Waals surface area contributed by atoms with Gasteiger partial charge in [-0.3, -0.25) is 0 Å². The zero-order valence-electron chi connectivity index (χ0n) is 10.6. The maximum atomic E-state index is 10.0. The monoisotopic (exact) mass is 237 g/mol. The number of furan rings is 1. The Morgan fingerprint density at radius 1 is 1.41 bits per heavy atom. The summed E-state index contributed by atoms with van der Waals surface area (Å²) in [4.78, 5) is 0. The molecule has 0 spiro atoms. The average Bonchev–Trinajstić information content (AvgIpc) is 2.71. The van der Waals surface area contributed by atoms with Gasteiger partial charge in [0, 0.05) is 18.5 Å². The van der Waals surface area contributed by atoms with E-state index in [1.807, 2.05) is 12.1 Å². The van der Waals surface area contributed by atoms with Crippen LogP contribution in [0.5, 0.6) is 0 Å². The summed E-state index contributed by atoms with van der Waals surface area (Å²) in [7, 11) is 0. The van der Waals surface area contributed by atoms with Crippen LogP contribution in [0.3, 0.4) is 0 Å². The largest absolute Gasteiger partial charge is 0.469 e. The van der Waals surface area contributed by atoms with Crippen LogP contribution < -0.4 is 5.32 Å². The number of nitrogens with one attached hydrogen (secondary N) is 1. The second-order valence-corrected chi connectivity index (χ2v) is 5.16. The minimum Gasteiger partial charge on any atom is -0.469 e. The molecule has 1 aliphatic rings. The first kappa shape index (κ1) is 12.7. The molecule has 1 aromatic rings. The Morgan fingerprint density at radius 3 is 3.00 bits per heavy atom. The van der Waals surface area contributed by atoms with Crippen LogP contribution in [-0.4, -0.2) is 23.3 Å². The smallest absolute Gasteiger partial charge is 0.105 e. The molecule has 3 nitrogen and oxygen atoms in total. The van der Waals surface area contributed by atoms with Crippen LogP contribution >= 0.6 is 0 Å². The quantitative estimate of drug-likeness (QED) is 0.791. The molecule has 1 aliphatic carbocycles. The lowest BCUT2D eigenvalue weighted by molar-refractivity contribution is 0.114. The first-order valence-electron chi connectivity index (χ1n) is 6.72. The zero-order valence-corrected chi connectivity index (χ0v) is 10.6. The van der Waals surface area contributed by atoms with E-state index in [0.29, 0.717) is 6.04 Å². The third-order valence-corrected chi connectivity index (χ3v) is 3.57. The molecule has 0 radical (unpaired) electrons. The van der Waals surface area contributed by atoms with Gasteiger partial charge in [-0.15, -0.1) is 0 Å². The molecule has 3 atom stereocenters. The van der Waals surface area contributed by atoms with E-state index < -0.39 is 0 Å². The van der Waals surface area contributed by atoms with Gasteiger partial charge in [0.2, 0.25) is 0 Å². The van der Waals surface area contributed by atoms with Crippen LogP contribution in [0.4, 0.5) is 0 Å². The normalized spacial score (nSPS) is 27.6. The molecule has 0 bridgehead atoms. The lowest BCUT2D eigenvalue weighted by atomic mass is 10.0. The molecular weight excluding hydrogens is 214 g/mol. The molecule has 0 aromatic carbocycles. The fraction of sp³-hybridized carbons (Fsp3) is 0.714. The molecule has 1 heterocycles. The molecule has 1 saturated carbocycles. The van der Waals surface area contributed by atoms with E-state index in [1.165, 1.54) is 12.8 Å². The van der Waals surface area contributed by atoms with Gasteiger partial charge < -0.3 is 14.8 Å². The summed E-state index contributed by atoms with van der Waals surface area (Å²) in [5.74, 6) is 1.01. The molecule has 1 aromatic heterocycles. The highest BCUT2D eigenvalue weighted by molar-refractivity contribution is 5.00. The van der Waals surface area contributed by atoms with Crippen molar-refractivity contribution in [3.63, 3.8) is 0 Å². The number of rotatable bonds is 4. The topological polar surface area (TPSA) is 45.4 Å². The maximum absolute atomic E-state index is 10.0. The summed E-state index contributed by atoms with van der Waals surface area (Å²) in [6.07, 6.45) is 8.07. The van der Waals surface area contributed by atoms with Gasteiger partial charge in [0.25, 0.3) is 0 Å². The lowest BCUT2D eigenvalue weighted by Crippen LogP contribution is -2.44. The summed E-state index contributed by atoms with van der Waals surface area (Å²) in [5, 5.41) is 13.6. The van der Waals surface area contributed by atoms with Gasteiger partial charge in [0.1, 0.15) is 5.76 Å². The molecule has 3 unspecified atom stereocenters. The minimum atomic E-state index is -0.184. The van der Waals surface area contributed by atoms with Gasteiger partial charge in [0.15, 0.2) is 0 Å². The van der Waals surface area contributed by atoms with Crippen molar-refractivity contribution in [1.82, 2.24) is 5.32 Å². The Bertz CT molecular complexity index is 310. The van der Waals surface area contributed by atoms with E-state index in [1.54, 1.807) is 6.26 Å². The van der Waals surface area contributed by atoms with Crippen molar-refractivity contribution >= 4 is 0 Å². The summed E-state index contributed by atoms with van der Waals surface area (Å²) in [6.45, 7) is 2.15. The van der Waals surface area contributed by atoms with Crippen LogP contribution in [-0.2, 0) is 6.42 Å². The molecular formula is C14H23NO2. The third kappa shape index (κ3) is 3.86. The first-order valence-corrected chi connectivity index (χ1v) is 6.72. The van der Waals surface area contributed by atoms with Crippen molar-refractivity contribution in [2.75, 3.05) is 0 Å². The van der Waals surface area contributed by atoms with Crippen LogP contribution in [0, 0.1) is 0 Å². The number of aliphatic hydroxyl groups excluding tert-OH is 1. The highest BCUT2D eigenvalue weighted by Crippen LogP contribution is 2.19. The average molecular weight is 237 g/mol. The molecule has 3 heteroatoms. The van der Waals surface area contributed by atoms with Gasteiger partial charge in [-0.25, -0.2) is 0 Å². The van der Waals surface area contributed by atoms with Gasteiger partial charge in [-0.1, -0.05) is 19.3 Å². The van der Waals surface area contributed by atoms with Gasteiger partial charge in [-0.05, 0) is 31.9 Å². The van der Waals surface area contributed by atoms with Crippen molar-refractivity contribution in [3.8, 4) is 0 Å². The van der Waals surface area contributed by atoms with Crippen molar-refractivity contribution in [3.05, 3.63) is 24.2 Å². The first-order chi connectivity index (χ1) is 8.25.